The van der Waals surface area contributed by atoms with Gasteiger partial charge in [0.15, 0.2) is 5.58 Å². The zero-order valence-corrected chi connectivity index (χ0v) is 29.1. The zero-order chi connectivity index (χ0) is 35.6. The van der Waals surface area contributed by atoms with Crippen LogP contribution in [0.5, 0.6) is 0 Å². The van der Waals surface area contributed by atoms with Crippen LogP contribution in [0, 0.1) is 0 Å². The summed E-state index contributed by atoms with van der Waals surface area (Å²) in [5.74, 6) is 0.557. The summed E-state index contributed by atoms with van der Waals surface area (Å²) >= 11 is 0. The predicted molar refractivity (Wildman–Crippen MR) is 221 cm³/mol. The minimum absolute atomic E-state index is 0.557. The third-order valence-electron chi connectivity index (χ3n) is 10.4. The van der Waals surface area contributed by atoms with E-state index in [9.17, 15) is 0 Å². The highest BCUT2D eigenvalue weighted by Crippen LogP contribution is 2.49. The fourth-order valence-corrected chi connectivity index (χ4v) is 7.98. The molecule has 3 aromatic heterocycles. The summed E-state index contributed by atoms with van der Waals surface area (Å²) in [4.78, 5) is 7.40. The number of rotatable bonds is 6. The average molecular weight is 694 g/mol. The van der Waals surface area contributed by atoms with Crippen LogP contribution >= 0.6 is 0 Å². The second-order valence-electron chi connectivity index (χ2n) is 13.6. The van der Waals surface area contributed by atoms with E-state index in [0.717, 1.165) is 77.9 Å². The number of para-hydroxylation sites is 3. The molecule has 0 atom stereocenters. The number of benzene rings is 8. The molecular formula is C49H31N3O2. The van der Waals surface area contributed by atoms with Gasteiger partial charge in [0.05, 0.1) is 16.4 Å². The molecule has 0 amide bonds. The van der Waals surface area contributed by atoms with Crippen LogP contribution in [-0.4, -0.2) is 9.55 Å². The Kier molecular flexibility index (Phi) is 6.79. The standard InChI is InChI=1S/C49H31N3O2/c1-4-15-32(16-5-1)34-19-14-22-36(29-34)51(37-27-28-39-38-23-10-12-25-42(38)52(43(39)30-37)35-20-8-3-9-21-35)47-46-40-24-11-13-26-44(40)53-45(46)31-41-48(47)54-49(50-41)33-17-6-2-7-18-33/h1-31H. The molecule has 5 nitrogen and oxygen atoms in total. The lowest BCUT2D eigenvalue weighted by molar-refractivity contribution is 0.620. The number of hydrogen-bond donors (Lipinski definition) is 0. The number of aromatic nitrogens is 2. The topological polar surface area (TPSA) is 47.3 Å². The molecule has 0 unspecified atom stereocenters. The smallest absolute Gasteiger partial charge is 0.227 e. The Labute approximate surface area is 310 Å². The van der Waals surface area contributed by atoms with Crippen molar-refractivity contribution in [1.82, 2.24) is 9.55 Å². The number of oxazole rings is 1. The summed E-state index contributed by atoms with van der Waals surface area (Å²) in [5.41, 5.74) is 12.3. The van der Waals surface area contributed by atoms with E-state index < -0.39 is 0 Å². The van der Waals surface area contributed by atoms with Crippen molar-refractivity contribution in [3.8, 4) is 28.3 Å². The normalized spacial score (nSPS) is 11.7. The lowest BCUT2D eigenvalue weighted by Gasteiger charge is -2.27. The third-order valence-corrected chi connectivity index (χ3v) is 10.4. The van der Waals surface area contributed by atoms with Gasteiger partial charge in [0.25, 0.3) is 0 Å². The summed E-state index contributed by atoms with van der Waals surface area (Å²) in [7, 11) is 0. The molecule has 11 rings (SSSR count). The summed E-state index contributed by atoms with van der Waals surface area (Å²) < 4.78 is 15.8. The molecule has 54 heavy (non-hydrogen) atoms. The first-order valence-corrected chi connectivity index (χ1v) is 18.1. The Morgan fingerprint density at radius 1 is 0.444 bits per heavy atom. The van der Waals surface area contributed by atoms with E-state index in [4.69, 9.17) is 13.8 Å². The van der Waals surface area contributed by atoms with Crippen LogP contribution in [0.3, 0.4) is 0 Å². The fraction of sp³-hybridized carbons (Fsp3) is 0. The quantitative estimate of drug-likeness (QED) is 0.174. The summed E-state index contributed by atoms with van der Waals surface area (Å²) in [6.07, 6.45) is 0. The van der Waals surface area contributed by atoms with Crippen molar-refractivity contribution in [2.45, 2.75) is 0 Å². The molecule has 0 saturated carbocycles. The number of anilines is 3. The molecule has 0 fully saturated rings. The van der Waals surface area contributed by atoms with Gasteiger partial charge in [-0.1, -0.05) is 121 Å². The monoisotopic (exact) mass is 693 g/mol. The lowest BCUT2D eigenvalue weighted by Crippen LogP contribution is -2.11. The summed E-state index contributed by atoms with van der Waals surface area (Å²) in [6.45, 7) is 0. The molecule has 0 aliphatic carbocycles. The van der Waals surface area contributed by atoms with Gasteiger partial charge >= 0.3 is 0 Å². The molecule has 0 radical (unpaired) electrons. The van der Waals surface area contributed by atoms with Crippen LogP contribution < -0.4 is 4.90 Å². The molecule has 0 bridgehead atoms. The van der Waals surface area contributed by atoms with E-state index in [0.29, 0.717) is 11.5 Å². The molecule has 8 aromatic carbocycles. The zero-order valence-electron chi connectivity index (χ0n) is 29.1. The van der Waals surface area contributed by atoms with Gasteiger partial charge in [0.1, 0.15) is 22.4 Å². The van der Waals surface area contributed by atoms with Gasteiger partial charge < -0.3 is 18.3 Å². The van der Waals surface area contributed by atoms with Crippen molar-refractivity contribution in [3.63, 3.8) is 0 Å². The van der Waals surface area contributed by atoms with Crippen LogP contribution in [0.25, 0.3) is 83.1 Å². The Morgan fingerprint density at radius 3 is 1.91 bits per heavy atom. The van der Waals surface area contributed by atoms with Crippen molar-refractivity contribution < 1.29 is 8.83 Å². The third kappa shape index (κ3) is 4.76. The van der Waals surface area contributed by atoms with Crippen molar-refractivity contribution in [1.29, 1.82) is 0 Å². The van der Waals surface area contributed by atoms with E-state index in [1.54, 1.807) is 0 Å². The maximum Gasteiger partial charge on any atom is 0.227 e. The summed E-state index contributed by atoms with van der Waals surface area (Å²) in [5, 5.41) is 4.35. The number of furan rings is 1. The minimum Gasteiger partial charge on any atom is -0.456 e. The van der Waals surface area contributed by atoms with Crippen molar-refractivity contribution in [3.05, 3.63) is 188 Å². The van der Waals surface area contributed by atoms with E-state index in [1.165, 1.54) is 10.8 Å². The number of nitrogens with zero attached hydrogens (tertiary/aromatic N) is 3. The Hall–Kier alpha value is -7.37. The SMILES string of the molecule is c1ccc(-c2cccc(N(c3ccc4c5ccccc5n(-c5ccccc5)c4c3)c3c4oc(-c5ccccc5)nc4cc4oc5ccccc5c34)c2)cc1. The van der Waals surface area contributed by atoms with Gasteiger partial charge in [-0.25, -0.2) is 4.98 Å². The first-order chi connectivity index (χ1) is 26.8. The fourth-order valence-electron chi connectivity index (χ4n) is 7.98. The molecule has 0 N–H and O–H groups in total. The van der Waals surface area contributed by atoms with Gasteiger partial charge in [-0.2, -0.15) is 0 Å². The van der Waals surface area contributed by atoms with E-state index in [1.807, 2.05) is 48.5 Å². The van der Waals surface area contributed by atoms with Crippen molar-refractivity contribution in [2.24, 2.45) is 0 Å². The van der Waals surface area contributed by atoms with Gasteiger partial charge in [-0.3, -0.25) is 0 Å². The molecule has 3 heterocycles. The van der Waals surface area contributed by atoms with Gasteiger partial charge in [-0.05, 0) is 71.8 Å². The van der Waals surface area contributed by atoms with Gasteiger partial charge in [0, 0.05) is 44.9 Å². The van der Waals surface area contributed by atoms with E-state index >= 15 is 0 Å². The van der Waals surface area contributed by atoms with Gasteiger partial charge in [-0.15, -0.1) is 0 Å². The second-order valence-corrected chi connectivity index (χ2v) is 13.6. The van der Waals surface area contributed by atoms with Gasteiger partial charge in [0.2, 0.25) is 5.89 Å². The Morgan fingerprint density at radius 2 is 1.09 bits per heavy atom. The maximum atomic E-state index is 6.88. The van der Waals surface area contributed by atoms with Crippen LogP contribution in [-0.2, 0) is 0 Å². The molecule has 5 heteroatoms. The first-order valence-electron chi connectivity index (χ1n) is 18.1. The predicted octanol–water partition coefficient (Wildman–Crippen LogP) is 13.6. The molecule has 0 aliphatic heterocycles. The average Bonchev–Trinajstić information content (AvgIpc) is 3.93. The van der Waals surface area contributed by atoms with E-state index in [2.05, 4.69) is 149 Å². The lowest BCUT2D eigenvalue weighted by atomic mass is 10.0. The van der Waals surface area contributed by atoms with Crippen molar-refractivity contribution in [2.75, 3.05) is 4.90 Å². The van der Waals surface area contributed by atoms with Crippen LogP contribution in [0.4, 0.5) is 17.1 Å². The number of hydrogen-bond acceptors (Lipinski definition) is 4. The van der Waals surface area contributed by atoms with Crippen LogP contribution in [0.15, 0.2) is 197 Å². The minimum atomic E-state index is 0.557. The largest absolute Gasteiger partial charge is 0.456 e. The molecule has 0 spiro atoms. The second kappa shape index (κ2) is 12.1. The summed E-state index contributed by atoms with van der Waals surface area (Å²) in [6, 6.07) is 65.5. The Bertz CT molecular complexity index is 3160. The molecule has 11 aromatic rings. The van der Waals surface area contributed by atoms with Crippen LogP contribution in [0.1, 0.15) is 0 Å². The molecule has 254 valence electrons. The number of fused-ring (bicyclic) bond motifs is 7. The first kappa shape index (κ1) is 30.3. The van der Waals surface area contributed by atoms with Crippen LogP contribution in [0.2, 0.25) is 0 Å². The molecule has 0 saturated heterocycles. The molecule has 0 aliphatic rings. The molecular weight excluding hydrogens is 663 g/mol. The Balaban J connectivity index is 1.27. The highest BCUT2D eigenvalue weighted by Gasteiger charge is 2.27. The maximum absolute atomic E-state index is 6.88. The highest BCUT2D eigenvalue weighted by atomic mass is 16.4. The van der Waals surface area contributed by atoms with E-state index in [-0.39, 0.29) is 0 Å². The van der Waals surface area contributed by atoms with Crippen molar-refractivity contribution >= 4 is 71.9 Å². The highest BCUT2D eigenvalue weighted by molar-refractivity contribution is 6.21.